The molecule has 1 unspecified atom stereocenters. The Bertz CT molecular complexity index is 324. The van der Waals surface area contributed by atoms with E-state index in [0.717, 1.165) is 12.8 Å². The van der Waals surface area contributed by atoms with E-state index >= 15 is 0 Å². The Hall–Kier alpha value is -0.890. The number of pyridine rings is 1. The fraction of sp³-hybridized carbons (Fsp3) is 0.737. The maximum Gasteiger partial charge on any atom is 0.0270 e. The summed E-state index contributed by atoms with van der Waals surface area (Å²) < 4.78 is 0. The summed E-state index contributed by atoms with van der Waals surface area (Å²) in [4.78, 5) is 4.04. The lowest BCUT2D eigenvalue weighted by atomic mass is 10.0. The molecule has 0 saturated carbocycles. The average molecular weight is 290 g/mol. The molecule has 1 heterocycles. The van der Waals surface area contributed by atoms with Crippen molar-refractivity contribution in [2.75, 3.05) is 0 Å². The second-order valence-electron chi connectivity index (χ2n) is 6.29. The van der Waals surface area contributed by atoms with Gasteiger partial charge in [-0.25, -0.2) is 0 Å². The fourth-order valence-corrected chi connectivity index (χ4v) is 2.82. The molecule has 21 heavy (non-hydrogen) atoms. The zero-order chi connectivity index (χ0) is 15.2. The van der Waals surface area contributed by atoms with E-state index in [-0.39, 0.29) is 0 Å². The first-order valence-electron chi connectivity index (χ1n) is 8.97. The molecule has 1 atom stereocenters. The molecular weight excluding hydrogens is 256 g/mol. The lowest BCUT2D eigenvalue weighted by molar-refractivity contribution is 0.520. The van der Waals surface area contributed by atoms with Crippen LogP contribution in [0.3, 0.4) is 0 Å². The SMILES string of the molecule is CCCCCCCCCCCCC(N)Cc1ccncc1. The predicted octanol–water partition coefficient (Wildman–Crippen LogP) is 5.26. The van der Waals surface area contributed by atoms with Crippen LogP contribution in [0, 0.1) is 0 Å². The minimum absolute atomic E-state index is 0.307. The Kier molecular flexibility index (Phi) is 11.1. The number of aromatic nitrogens is 1. The van der Waals surface area contributed by atoms with Gasteiger partial charge in [-0.3, -0.25) is 4.98 Å². The van der Waals surface area contributed by atoms with E-state index < -0.39 is 0 Å². The van der Waals surface area contributed by atoms with Crippen LogP contribution in [0.5, 0.6) is 0 Å². The van der Waals surface area contributed by atoms with Crippen molar-refractivity contribution in [3.63, 3.8) is 0 Å². The van der Waals surface area contributed by atoms with Crippen molar-refractivity contribution in [3.8, 4) is 0 Å². The predicted molar refractivity (Wildman–Crippen MR) is 92.4 cm³/mol. The van der Waals surface area contributed by atoms with Gasteiger partial charge in [0.15, 0.2) is 0 Å². The van der Waals surface area contributed by atoms with Gasteiger partial charge in [-0.2, -0.15) is 0 Å². The molecule has 0 radical (unpaired) electrons. The van der Waals surface area contributed by atoms with E-state index in [9.17, 15) is 0 Å². The second kappa shape index (κ2) is 12.8. The van der Waals surface area contributed by atoms with Gasteiger partial charge in [0, 0.05) is 18.4 Å². The van der Waals surface area contributed by atoms with Gasteiger partial charge in [-0.05, 0) is 30.5 Å². The average Bonchev–Trinajstić information content (AvgIpc) is 2.50. The molecule has 0 aliphatic carbocycles. The van der Waals surface area contributed by atoms with Gasteiger partial charge in [0.1, 0.15) is 0 Å². The molecule has 2 nitrogen and oxygen atoms in total. The van der Waals surface area contributed by atoms with Crippen LogP contribution >= 0.6 is 0 Å². The third-order valence-electron chi connectivity index (χ3n) is 4.18. The lowest BCUT2D eigenvalue weighted by Gasteiger charge is -2.11. The highest BCUT2D eigenvalue weighted by Crippen LogP contribution is 2.12. The smallest absolute Gasteiger partial charge is 0.0270 e. The quantitative estimate of drug-likeness (QED) is 0.503. The Morgan fingerprint density at radius 1 is 0.857 bits per heavy atom. The summed E-state index contributed by atoms with van der Waals surface area (Å²) in [6, 6.07) is 4.44. The zero-order valence-electron chi connectivity index (χ0n) is 13.9. The first-order chi connectivity index (χ1) is 10.3. The van der Waals surface area contributed by atoms with Crippen molar-refractivity contribution < 1.29 is 0 Å². The normalized spacial score (nSPS) is 12.5. The number of hydrogen-bond donors (Lipinski definition) is 1. The van der Waals surface area contributed by atoms with Crippen molar-refractivity contribution in [2.45, 2.75) is 90.0 Å². The summed E-state index contributed by atoms with van der Waals surface area (Å²) in [6.07, 6.45) is 19.7. The highest BCUT2D eigenvalue weighted by Gasteiger charge is 2.03. The van der Waals surface area contributed by atoms with Gasteiger partial charge in [-0.15, -0.1) is 0 Å². The molecule has 2 heteroatoms. The minimum atomic E-state index is 0.307. The van der Waals surface area contributed by atoms with Gasteiger partial charge in [-0.1, -0.05) is 71.1 Å². The standard InChI is InChI=1S/C19H34N2/c1-2-3-4-5-6-7-8-9-10-11-12-19(20)17-18-13-15-21-16-14-18/h13-16,19H,2-12,17,20H2,1H3. The van der Waals surface area contributed by atoms with Crippen LogP contribution in [0.15, 0.2) is 24.5 Å². The van der Waals surface area contributed by atoms with Crippen molar-refractivity contribution in [3.05, 3.63) is 30.1 Å². The molecule has 1 aromatic rings. The van der Waals surface area contributed by atoms with Gasteiger partial charge in [0.05, 0.1) is 0 Å². The summed E-state index contributed by atoms with van der Waals surface area (Å²) in [5.41, 5.74) is 7.50. The Balaban J connectivity index is 1.87. The van der Waals surface area contributed by atoms with E-state index in [0.29, 0.717) is 6.04 Å². The first kappa shape index (κ1) is 18.2. The van der Waals surface area contributed by atoms with Gasteiger partial charge >= 0.3 is 0 Å². The summed E-state index contributed by atoms with van der Waals surface area (Å²) >= 11 is 0. The number of rotatable bonds is 13. The van der Waals surface area contributed by atoms with Crippen molar-refractivity contribution in [1.29, 1.82) is 0 Å². The molecule has 0 bridgehead atoms. The molecule has 2 N–H and O–H groups in total. The van der Waals surface area contributed by atoms with E-state index in [4.69, 9.17) is 5.73 Å². The van der Waals surface area contributed by atoms with Gasteiger partial charge < -0.3 is 5.73 Å². The first-order valence-corrected chi connectivity index (χ1v) is 8.97. The number of unbranched alkanes of at least 4 members (excludes halogenated alkanes) is 9. The number of hydrogen-bond acceptors (Lipinski definition) is 2. The molecule has 0 aromatic carbocycles. The topological polar surface area (TPSA) is 38.9 Å². The lowest BCUT2D eigenvalue weighted by Crippen LogP contribution is -2.22. The summed E-state index contributed by atoms with van der Waals surface area (Å²) in [5, 5.41) is 0. The molecule has 0 spiro atoms. The summed E-state index contributed by atoms with van der Waals surface area (Å²) in [6.45, 7) is 2.28. The highest BCUT2D eigenvalue weighted by molar-refractivity contribution is 5.10. The Morgan fingerprint density at radius 2 is 1.38 bits per heavy atom. The Labute approximate surface area is 131 Å². The Morgan fingerprint density at radius 3 is 1.95 bits per heavy atom. The minimum Gasteiger partial charge on any atom is -0.327 e. The molecule has 0 amide bonds. The third kappa shape index (κ3) is 10.5. The molecule has 0 aliphatic rings. The van der Waals surface area contributed by atoms with Crippen LogP contribution in [0.25, 0.3) is 0 Å². The zero-order valence-corrected chi connectivity index (χ0v) is 13.9. The second-order valence-corrected chi connectivity index (χ2v) is 6.29. The summed E-state index contributed by atoms with van der Waals surface area (Å²) in [5.74, 6) is 0. The maximum absolute atomic E-state index is 6.19. The fourth-order valence-electron chi connectivity index (χ4n) is 2.82. The molecule has 0 aliphatic heterocycles. The molecule has 0 saturated heterocycles. The van der Waals surface area contributed by atoms with Crippen molar-refractivity contribution in [1.82, 2.24) is 4.98 Å². The van der Waals surface area contributed by atoms with Crippen LogP contribution in [-0.2, 0) is 6.42 Å². The van der Waals surface area contributed by atoms with E-state index in [1.165, 1.54) is 69.8 Å². The third-order valence-corrected chi connectivity index (χ3v) is 4.18. The molecule has 1 rings (SSSR count). The van der Waals surface area contributed by atoms with E-state index in [2.05, 4.69) is 24.0 Å². The van der Waals surface area contributed by atoms with Crippen LogP contribution in [0.1, 0.15) is 83.1 Å². The van der Waals surface area contributed by atoms with Crippen molar-refractivity contribution >= 4 is 0 Å². The summed E-state index contributed by atoms with van der Waals surface area (Å²) in [7, 11) is 0. The number of nitrogens with two attached hydrogens (primary N) is 1. The van der Waals surface area contributed by atoms with Gasteiger partial charge in [0.2, 0.25) is 0 Å². The largest absolute Gasteiger partial charge is 0.327 e. The monoisotopic (exact) mass is 290 g/mol. The van der Waals surface area contributed by atoms with Crippen LogP contribution in [-0.4, -0.2) is 11.0 Å². The molecule has 0 fully saturated rings. The van der Waals surface area contributed by atoms with E-state index in [1.807, 2.05) is 12.4 Å². The van der Waals surface area contributed by atoms with Gasteiger partial charge in [0.25, 0.3) is 0 Å². The maximum atomic E-state index is 6.19. The van der Waals surface area contributed by atoms with Crippen LogP contribution < -0.4 is 5.73 Å². The number of nitrogens with zero attached hydrogens (tertiary/aromatic N) is 1. The van der Waals surface area contributed by atoms with Crippen LogP contribution in [0.2, 0.25) is 0 Å². The highest BCUT2D eigenvalue weighted by atomic mass is 14.6. The van der Waals surface area contributed by atoms with E-state index in [1.54, 1.807) is 0 Å². The van der Waals surface area contributed by atoms with Crippen LogP contribution in [0.4, 0.5) is 0 Å². The molecule has 120 valence electrons. The van der Waals surface area contributed by atoms with Crippen molar-refractivity contribution in [2.24, 2.45) is 5.73 Å². The molecule has 1 aromatic heterocycles. The molecular formula is C19H34N2.